The first-order valence-electron chi connectivity index (χ1n) is 3.63. The van der Waals surface area contributed by atoms with Gasteiger partial charge in [-0.05, 0) is 7.05 Å². The minimum atomic E-state index is -0.335. The maximum Gasteiger partial charge on any atom is 0.325 e. The Labute approximate surface area is 70.6 Å². The van der Waals surface area contributed by atoms with Crippen molar-refractivity contribution >= 4 is 6.03 Å². The lowest BCUT2D eigenvalue weighted by Crippen LogP contribution is -2.57. The van der Waals surface area contributed by atoms with Gasteiger partial charge in [-0.25, -0.2) is 4.79 Å². The summed E-state index contributed by atoms with van der Waals surface area (Å²) < 4.78 is 0. The summed E-state index contributed by atoms with van der Waals surface area (Å²) in [6.45, 7) is 0.150. The molecule has 1 aliphatic rings. The summed E-state index contributed by atoms with van der Waals surface area (Å²) in [7, 11) is 1.80. The van der Waals surface area contributed by atoms with Gasteiger partial charge < -0.3 is 10.2 Å². The second kappa shape index (κ2) is 3.70. The summed E-state index contributed by atoms with van der Waals surface area (Å²) in [5.41, 5.74) is 0. The molecule has 0 unspecified atom stereocenters. The lowest BCUT2D eigenvalue weighted by molar-refractivity contribution is -0.0162. The van der Waals surface area contributed by atoms with Crippen molar-refractivity contribution < 1.29 is 15.0 Å². The lowest BCUT2D eigenvalue weighted by atomic mass is 10.5. The Hall–Kier alpha value is -0.850. The van der Waals surface area contributed by atoms with E-state index in [0.29, 0.717) is 13.3 Å². The van der Waals surface area contributed by atoms with Crippen molar-refractivity contribution in [2.24, 2.45) is 0 Å². The summed E-state index contributed by atoms with van der Waals surface area (Å²) >= 11 is 0. The second-order valence-electron chi connectivity index (χ2n) is 2.78. The van der Waals surface area contributed by atoms with Gasteiger partial charge >= 0.3 is 6.03 Å². The van der Waals surface area contributed by atoms with Gasteiger partial charge in [-0.15, -0.1) is 0 Å². The zero-order chi connectivity index (χ0) is 9.14. The highest BCUT2D eigenvalue weighted by molar-refractivity contribution is 5.74. The van der Waals surface area contributed by atoms with Crippen LogP contribution in [0.5, 0.6) is 0 Å². The summed E-state index contributed by atoms with van der Waals surface area (Å²) in [5, 5.41) is 17.5. The Kier molecular flexibility index (Phi) is 2.85. The third-order valence-electron chi connectivity index (χ3n) is 1.71. The van der Waals surface area contributed by atoms with Crippen molar-refractivity contribution in [2.45, 2.75) is 0 Å². The van der Waals surface area contributed by atoms with Crippen LogP contribution in [0.2, 0.25) is 0 Å². The second-order valence-corrected chi connectivity index (χ2v) is 2.78. The molecule has 6 nitrogen and oxygen atoms in total. The third kappa shape index (κ3) is 1.66. The highest BCUT2D eigenvalue weighted by Crippen LogP contribution is 2.06. The fraction of sp³-hybridized carbons (Fsp3) is 0.833. The van der Waals surface area contributed by atoms with Gasteiger partial charge in [0.1, 0.15) is 13.5 Å². The Morgan fingerprint density at radius 1 is 1.25 bits per heavy atom. The van der Waals surface area contributed by atoms with Crippen LogP contribution in [-0.2, 0) is 0 Å². The molecule has 0 saturated carbocycles. The van der Waals surface area contributed by atoms with Crippen LogP contribution < -0.4 is 0 Å². The smallest absolute Gasteiger partial charge is 0.325 e. The molecule has 1 aliphatic heterocycles. The molecule has 0 spiro atoms. The SMILES string of the molecule is CN1CN(CO)C(=O)N(CO)C1. The molecule has 0 atom stereocenters. The maximum absolute atomic E-state index is 11.2. The van der Waals surface area contributed by atoms with E-state index in [1.54, 1.807) is 7.05 Å². The predicted molar refractivity (Wildman–Crippen MR) is 40.7 cm³/mol. The zero-order valence-electron chi connectivity index (χ0n) is 6.97. The van der Waals surface area contributed by atoms with E-state index in [1.165, 1.54) is 9.80 Å². The highest BCUT2D eigenvalue weighted by atomic mass is 16.3. The average Bonchev–Trinajstić information content (AvgIpc) is 2.08. The Bertz CT molecular complexity index is 159. The molecule has 0 bridgehead atoms. The van der Waals surface area contributed by atoms with Crippen LogP contribution in [0, 0.1) is 0 Å². The molecule has 0 aromatic heterocycles. The van der Waals surface area contributed by atoms with E-state index in [4.69, 9.17) is 10.2 Å². The zero-order valence-corrected chi connectivity index (χ0v) is 6.97. The number of amides is 2. The molecular weight excluding hydrogens is 162 g/mol. The normalized spacial score (nSPS) is 20.4. The molecule has 0 aromatic carbocycles. The van der Waals surface area contributed by atoms with E-state index in [2.05, 4.69) is 0 Å². The minimum Gasteiger partial charge on any atom is -0.376 e. The number of carbonyl (C=O) groups excluding carboxylic acids is 1. The van der Waals surface area contributed by atoms with Gasteiger partial charge in [-0.2, -0.15) is 0 Å². The highest BCUT2D eigenvalue weighted by Gasteiger charge is 2.26. The van der Waals surface area contributed by atoms with Crippen molar-refractivity contribution in [1.82, 2.24) is 14.7 Å². The molecule has 1 fully saturated rings. The summed E-state index contributed by atoms with van der Waals surface area (Å²) in [6, 6.07) is -0.335. The number of nitrogens with zero attached hydrogens (tertiary/aromatic N) is 3. The van der Waals surface area contributed by atoms with E-state index < -0.39 is 0 Å². The molecular formula is C6H13N3O3. The lowest BCUT2D eigenvalue weighted by Gasteiger charge is -2.38. The van der Waals surface area contributed by atoms with E-state index in [-0.39, 0.29) is 19.5 Å². The molecule has 12 heavy (non-hydrogen) atoms. The Balaban J connectivity index is 2.61. The first-order valence-corrected chi connectivity index (χ1v) is 3.63. The van der Waals surface area contributed by atoms with Gasteiger partial charge in [0.25, 0.3) is 0 Å². The van der Waals surface area contributed by atoms with Crippen molar-refractivity contribution in [3.63, 3.8) is 0 Å². The van der Waals surface area contributed by atoms with Crippen LogP contribution >= 0.6 is 0 Å². The van der Waals surface area contributed by atoms with Crippen LogP contribution in [0.25, 0.3) is 0 Å². The third-order valence-corrected chi connectivity index (χ3v) is 1.71. The largest absolute Gasteiger partial charge is 0.376 e. The quantitative estimate of drug-likeness (QED) is 0.534. The minimum absolute atomic E-state index is 0.320. The van der Waals surface area contributed by atoms with E-state index in [1.807, 2.05) is 4.90 Å². The molecule has 2 amide bonds. The molecule has 0 radical (unpaired) electrons. The Morgan fingerprint density at radius 3 is 2.00 bits per heavy atom. The fourth-order valence-corrected chi connectivity index (χ4v) is 1.16. The first-order chi connectivity index (χ1) is 5.69. The van der Waals surface area contributed by atoms with Gasteiger partial charge in [-0.1, -0.05) is 0 Å². The van der Waals surface area contributed by atoms with Gasteiger partial charge in [-0.3, -0.25) is 14.7 Å². The molecule has 2 N–H and O–H groups in total. The van der Waals surface area contributed by atoms with Gasteiger partial charge in [0.15, 0.2) is 0 Å². The van der Waals surface area contributed by atoms with Crippen molar-refractivity contribution in [3.8, 4) is 0 Å². The van der Waals surface area contributed by atoms with Crippen LogP contribution in [-0.4, -0.2) is 64.8 Å². The number of aliphatic hydroxyl groups is 2. The summed E-state index contributed by atoms with van der Waals surface area (Å²) in [5.74, 6) is 0. The number of aliphatic hydroxyl groups excluding tert-OH is 2. The topological polar surface area (TPSA) is 67.2 Å². The van der Waals surface area contributed by atoms with Crippen LogP contribution in [0.3, 0.4) is 0 Å². The number of hydrogen-bond donors (Lipinski definition) is 2. The Morgan fingerprint density at radius 2 is 1.67 bits per heavy atom. The van der Waals surface area contributed by atoms with Crippen molar-refractivity contribution in [3.05, 3.63) is 0 Å². The molecule has 1 rings (SSSR count). The molecule has 0 aromatic rings. The number of carbonyl (C=O) groups is 1. The summed E-state index contributed by atoms with van der Waals surface area (Å²) in [4.78, 5) is 15.5. The molecule has 1 saturated heterocycles. The standard InChI is InChI=1S/C6H13N3O3/c1-7-2-8(4-10)6(12)9(3-7)5-11/h10-11H,2-5H2,1H3. The van der Waals surface area contributed by atoms with Crippen molar-refractivity contribution in [2.75, 3.05) is 33.8 Å². The van der Waals surface area contributed by atoms with Crippen LogP contribution in [0.15, 0.2) is 0 Å². The fourth-order valence-electron chi connectivity index (χ4n) is 1.16. The van der Waals surface area contributed by atoms with Gasteiger partial charge in [0.05, 0.1) is 13.3 Å². The molecule has 1 heterocycles. The number of rotatable bonds is 2. The monoisotopic (exact) mass is 175 g/mol. The number of hydrogen-bond acceptors (Lipinski definition) is 4. The molecule has 70 valence electrons. The van der Waals surface area contributed by atoms with E-state index in [9.17, 15) is 4.79 Å². The number of urea groups is 1. The molecule has 6 heteroatoms. The van der Waals surface area contributed by atoms with E-state index >= 15 is 0 Å². The molecule has 0 aliphatic carbocycles. The van der Waals surface area contributed by atoms with Crippen molar-refractivity contribution in [1.29, 1.82) is 0 Å². The summed E-state index contributed by atoms with van der Waals surface area (Å²) in [6.07, 6.45) is 0. The van der Waals surface area contributed by atoms with Crippen LogP contribution in [0.1, 0.15) is 0 Å². The van der Waals surface area contributed by atoms with E-state index in [0.717, 1.165) is 0 Å². The van der Waals surface area contributed by atoms with Gasteiger partial charge in [0, 0.05) is 0 Å². The average molecular weight is 175 g/mol. The predicted octanol–water partition coefficient (Wildman–Crippen LogP) is -1.53. The maximum atomic E-state index is 11.2. The van der Waals surface area contributed by atoms with Crippen LogP contribution in [0.4, 0.5) is 4.79 Å². The van der Waals surface area contributed by atoms with Gasteiger partial charge in [0.2, 0.25) is 0 Å². The first kappa shape index (κ1) is 9.24.